The van der Waals surface area contributed by atoms with Crippen LogP contribution in [-0.2, 0) is 11.2 Å². The first-order valence-corrected chi connectivity index (χ1v) is 8.26. The SMILES string of the molecule is CC1(C)OC1Cc1c(O)cc2oc(O)c(-c3ccccc3)c(=O)c2c1O. The third kappa shape index (κ3) is 2.50. The van der Waals surface area contributed by atoms with Crippen molar-refractivity contribution in [3.05, 3.63) is 52.2 Å². The van der Waals surface area contributed by atoms with E-state index in [4.69, 9.17) is 9.15 Å². The van der Waals surface area contributed by atoms with Gasteiger partial charge in [-0.15, -0.1) is 0 Å². The molecule has 0 spiro atoms. The van der Waals surface area contributed by atoms with E-state index in [-0.39, 0.29) is 51.7 Å². The van der Waals surface area contributed by atoms with Crippen LogP contribution in [0, 0.1) is 0 Å². The van der Waals surface area contributed by atoms with Gasteiger partial charge in [0.15, 0.2) is 0 Å². The summed E-state index contributed by atoms with van der Waals surface area (Å²) in [4.78, 5) is 13.0. The van der Waals surface area contributed by atoms with Gasteiger partial charge in [0.1, 0.15) is 28.0 Å². The molecular formula is C20H18O6. The van der Waals surface area contributed by atoms with Crippen LogP contribution < -0.4 is 5.43 Å². The lowest BCUT2D eigenvalue weighted by atomic mass is 9.98. The summed E-state index contributed by atoms with van der Waals surface area (Å²) < 4.78 is 10.8. The molecule has 1 aliphatic rings. The Hall–Kier alpha value is -2.99. The summed E-state index contributed by atoms with van der Waals surface area (Å²) in [5, 5.41) is 31.0. The second-order valence-corrected chi connectivity index (χ2v) is 6.99. The third-order valence-corrected chi connectivity index (χ3v) is 4.84. The molecular weight excluding hydrogens is 336 g/mol. The molecule has 3 N–H and O–H groups in total. The van der Waals surface area contributed by atoms with Crippen molar-refractivity contribution in [2.45, 2.75) is 32.0 Å². The first-order valence-electron chi connectivity index (χ1n) is 8.26. The van der Waals surface area contributed by atoms with Crippen LogP contribution in [0.15, 0.2) is 45.6 Å². The van der Waals surface area contributed by atoms with Gasteiger partial charge in [0, 0.05) is 18.1 Å². The van der Waals surface area contributed by atoms with Gasteiger partial charge >= 0.3 is 0 Å². The molecule has 1 fully saturated rings. The van der Waals surface area contributed by atoms with Gasteiger partial charge < -0.3 is 24.5 Å². The summed E-state index contributed by atoms with van der Waals surface area (Å²) in [6.45, 7) is 3.82. The van der Waals surface area contributed by atoms with Crippen LogP contribution in [0.25, 0.3) is 22.1 Å². The maximum absolute atomic E-state index is 13.0. The minimum atomic E-state index is -0.565. The number of benzene rings is 2. The molecule has 4 rings (SSSR count). The lowest BCUT2D eigenvalue weighted by molar-refractivity contribution is 0.321. The molecule has 1 atom stereocenters. The Morgan fingerprint density at radius 1 is 1.12 bits per heavy atom. The lowest BCUT2D eigenvalue weighted by Gasteiger charge is -2.11. The zero-order chi connectivity index (χ0) is 18.6. The number of ether oxygens (including phenoxy) is 1. The Morgan fingerprint density at radius 2 is 1.77 bits per heavy atom. The second kappa shape index (κ2) is 5.51. The summed E-state index contributed by atoms with van der Waals surface area (Å²) in [6, 6.07) is 9.80. The van der Waals surface area contributed by atoms with Crippen molar-refractivity contribution in [2.75, 3.05) is 0 Å². The summed E-state index contributed by atoms with van der Waals surface area (Å²) in [6.07, 6.45) is 0.108. The Labute approximate surface area is 148 Å². The highest BCUT2D eigenvalue weighted by atomic mass is 16.6. The molecule has 134 valence electrons. The van der Waals surface area contributed by atoms with E-state index >= 15 is 0 Å². The molecule has 0 amide bonds. The van der Waals surface area contributed by atoms with Crippen molar-refractivity contribution in [3.63, 3.8) is 0 Å². The van der Waals surface area contributed by atoms with E-state index in [9.17, 15) is 20.1 Å². The van der Waals surface area contributed by atoms with Crippen molar-refractivity contribution in [1.82, 2.24) is 0 Å². The van der Waals surface area contributed by atoms with E-state index in [1.807, 2.05) is 13.8 Å². The minimum Gasteiger partial charge on any atom is -0.507 e. The van der Waals surface area contributed by atoms with Gasteiger partial charge in [-0.1, -0.05) is 30.3 Å². The summed E-state index contributed by atoms with van der Waals surface area (Å²) in [5.74, 6) is -1.12. The third-order valence-electron chi connectivity index (χ3n) is 4.84. The van der Waals surface area contributed by atoms with Crippen molar-refractivity contribution in [2.24, 2.45) is 0 Å². The van der Waals surface area contributed by atoms with Crippen molar-refractivity contribution in [1.29, 1.82) is 0 Å². The molecule has 1 aliphatic heterocycles. The van der Waals surface area contributed by atoms with Gasteiger partial charge in [-0.2, -0.15) is 0 Å². The Kier molecular flexibility index (Phi) is 3.49. The second-order valence-electron chi connectivity index (χ2n) is 6.99. The molecule has 1 saturated heterocycles. The average Bonchev–Trinajstić information content (AvgIpc) is 3.18. The molecule has 2 heterocycles. The van der Waals surface area contributed by atoms with Gasteiger partial charge in [-0.05, 0) is 19.4 Å². The maximum atomic E-state index is 13.0. The Bertz CT molecular complexity index is 1070. The fourth-order valence-corrected chi connectivity index (χ4v) is 3.22. The highest BCUT2D eigenvalue weighted by Crippen LogP contribution is 2.44. The largest absolute Gasteiger partial charge is 0.507 e. The lowest BCUT2D eigenvalue weighted by Crippen LogP contribution is -2.09. The van der Waals surface area contributed by atoms with Crippen molar-refractivity contribution < 1.29 is 24.5 Å². The van der Waals surface area contributed by atoms with Crippen LogP contribution in [0.3, 0.4) is 0 Å². The number of aromatic hydroxyl groups is 3. The van der Waals surface area contributed by atoms with Crippen LogP contribution in [0.1, 0.15) is 19.4 Å². The van der Waals surface area contributed by atoms with Gasteiger partial charge in [-0.25, -0.2) is 0 Å². The molecule has 3 aromatic rings. The fourth-order valence-electron chi connectivity index (χ4n) is 3.22. The number of phenols is 2. The van der Waals surface area contributed by atoms with E-state index in [0.29, 0.717) is 5.56 Å². The number of hydrogen-bond acceptors (Lipinski definition) is 6. The summed E-state index contributed by atoms with van der Waals surface area (Å²) >= 11 is 0. The molecule has 0 aliphatic carbocycles. The van der Waals surface area contributed by atoms with E-state index in [0.717, 1.165) is 0 Å². The number of phenolic OH excluding ortho intramolecular Hbond substituents is 2. The van der Waals surface area contributed by atoms with Gasteiger partial charge in [-0.3, -0.25) is 4.79 Å². The number of rotatable bonds is 3. The number of fused-ring (bicyclic) bond motifs is 1. The molecule has 0 bridgehead atoms. The number of epoxide rings is 1. The van der Waals surface area contributed by atoms with Crippen LogP contribution in [0.4, 0.5) is 0 Å². The summed E-state index contributed by atoms with van der Waals surface area (Å²) in [7, 11) is 0. The van der Waals surface area contributed by atoms with Gasteiger partial charge in [0.2, 0.25) is 5.43 Å². The van der Waals surface area contributed by atoms with E-state index < -0.39 is 11.4 Å². The molecule has 6 nitrogen and oxygen atoms in total. The monoisotopic (exact) mass is 354 g/mol. The van der Waals surface area contributed by atoms with Crippen LogP contribution >= 0.6 is 0 Å². The molecule has 26 heavy (non-hydrogen) atoms. The van der Waals surface area contributed by atoms with E-state index in [1.54, 1.807) is 30.3 Å². The van der Waals surface area contributed by atoms with Gasteiger partial charge in [0.25, 0.3) is 5.95 Å². The van der Waals surface area contributed by atoms with Crippen LogP contribution in [0.5, 0.6) is 17.4 Å². The first-order chi connectivity index (χ1) is 12.3. The molecule has 1 unspecified atom stereocenters. The average molecular weight is 354 g/mol. The van der Waals surface area contributed by atoms with Crippen molar-refractivity contribution in [3.8, 4) is 28.6 Å². The predicted octanol–water partition coefficient (Wildman–Crippen LogP) is 3.30. The predicted molar refractivity (Wildman–Crippen MR) is 95.6 cm³/mol. The van der Waals surface area contributed by atoms with E-state index in [2.05, 4.69) is 0 Å². The Balaban J connectivity index is 1.94. The molecule has 6 heteroatoms. The first kappa shape index (κ1) is 16.5. The maximum Gasteiger partial charge on any atom is 0.294 e. The smallest absolute Gasteiger partial charge is 0.294 e. The zero-order valence-electron chi connectivity index (χ0n) is 14.3. The summed E-state index contributed by atoms with van der Waals surface area (Å²) in [5.41, 5.74) is -0.311. The van der Waals surface area contributed by atoms with Crippen LogP contribution in [0.2, 0.25) is 0 Å². The van der Waals surface area contributed by atoms with Crippen molar-refractivity contribution >= 4 is 11.0 Å². The standard InChI is InChI=1S/C20H18O6/c1-20(2)14(26-20)8-11-12(21)9-13-16(17(11)22)18(23)15(19(24)25-13)10-6-4-3-5-7-10/h3-7,9,14,21-22,24H,8H2,1-2H3. The molecule has 0 saturated carbocycles. The highest BCUT2D eigenvalue weighted by Gasteiger charge is 2.48. The van der Waals surface area contributed by atoms with Gasteiger partial charge in [0.05, 0.1) is 11.7 Å². The highest BCUT2D eigenvalue weighted by molar-refractivity contribution is 5.91. The number of hydrogen-bond donors (Lipinski definition) is 3. The Morgan fingerprint density at radius 3 is 2.38 bits per heavy atom. The normalized spacial score (nSPS) is 18.2. The van der Waals surface area contributed by atoms with E-state index in [1.165, 1.54) is 6.07 Å². The topological polar surface area (TPSA) is 103 Å². The molecule has 1 aromatic heterocycles. The van der Waals surface area contributed by atoms with Crippen LogP contribution in [-0.4, -0.2) is 27.0 Å². The molecule has 0 radical (unpaired) electrons. The zero-order valence-corrected chi connectivity index (χ0v) is 14.3. The fraction of sp³-hybridized carbons (Fsp3) is 0.250. The molecule has 2 aromatic carbocycles. The minimum absolute atomic E-state index is 0.0342. The quantitative estimate of drug-likeness (QED) is 0.624.